The molecule has 2 aliphatic heterocycles. The number of nitrogens with two attached hydrogens (primary N) is 1. The number of nitrogen functional groups attached to an aromatic ring is 1. The number of H-pyrrole nitrogens is 1. The molecule has 0 spiro atoms. The van der Waals surface area contributed by atoms with E-state index in [2.05, 4.69) is 25.8 Å². The molecule has 0 aliphatic carbocycles. The number of aromatic nitrogens is 3. The second-order valence-electron chi connectivity index (χ2n) is 9.62. The van der Waals surface area contributed by atoms with Crippen LogP contribution in [0.4, 0.5) is 10.9 Å². The zero-order valence-corrected chi connectivity index (χ0v) is 25.2. The molecule has 0 bridgehead atoms. The standard InChI is InChI=1S/C25H23ClN8O8S2/c1-9(23(38)39)42-32-16(15-19(26)44-25(27)31-15)20(36)30-17-21(37)34-18(24(40)41)11(8-43-22(17)34)7-33-5-3-4-12-13(33)6-14(29-12)28-10(2)35/h3-6,9,17,22H,7-8H2,1-2H3,(H6,27,28,29,30,31,35,36,38,39,40,41)/p+1/b32-16-/t9-,17+,22?/m0/s1. The molecule has 19 heteroatoms. The van der Waals surface area contributed by atoms with Crippen LogP contribution in [-0.4, -0.2) is 83.7 Å². The van der Waals surface area contributed by atoms with E-state index in [0.717, 1.165) is 16.2 Å². The lowest BCUT2D eigenvalue weighted by molar-refractivity contribution is -0.663. The van der Waals surface area contributed by atoms with Crippen LogP contribution in [0.5, 0.6) is 0 Å². The second-order valence-corrected chi connectivity index (χ2v) is 12.4. The summed E-state index contributed by atoms with van der Waals surface area (Å²) in [5, 5.41) is 27.3. The summed E-state index contributed by atoms with van der Waals surface area (Å²) in [4.78, 5) is 74.7. The number of nitrogens with one attached hydrogen (secondary N) is 3. The van der Waals surface area contributed by atoms with Gasteiger partial charge in [-0.1, -0.05) is 28.1 Å². The fourth-order valence-electron chi connectivity index (χ4n) is 4.59. The third-order valence-electron chi connectivity index (χ3n) is 6.56. The molecule has 2 aliphatic rings. The van der Waals surface area contributed by atoms with Crippen molar-refractivity contribution in [2.75, 3.05) is 16.8 Å². The molecule has 1 saturated heterocycles. The van der Waals surface area contributed by atoms with Gasteiger partial charge >= 0.3 is 11.9 Å². The van der Waals surface area contributed by atoms with E-state index in [4.69, 9.17) is 27.3 Å². The maximum atomic E-state index is 13.3. The van der Waals surface area contributed by atoms with Gasteiger partial charge in [0.15, 0.2) is 23.6 Å². The fourth-order valence-corrected chi connectivity index (χ4v) is 6.86. The van der Waals surface area contributed by atoms with Crippen molar-refractivity contribution >= 4 is 92.1 Å². The number of amides is 3. The molecular formula is C25H24ClN8O8S2+. The molecule has 3 amide bonds. The SMILES string of the molecule is CC(=O)Nc1cc2c(ccc[n+]2CC2=C(C(=O)O)N3C(=O)[C@@H](NC(=O)/C(=N\O[C@@H](C)C(=O)O)c4nc(N)sc4Cl)C3SC2)[nH]1. The molecule has 230 valence electrons. The van der Waals surface area contributed by atoms with Gasteiger partial charge in [-0.3, -0.25) is 19.3 Å². The second kappa shape index (κ2) is 12.1. The minimum atomic E-state index is -1.42. The molecule has 0 radical (unpaired) electrons. The van der Waals surface area contributed by atoms with Gasteiger partial charge in [0.25, 0.3) is 11.8 Å². The van der Waals surface area contributed by atoms with E-state index in [1.165, 1.54) is 25.6 Å². The van der Waals surface area contributed by atoms with Crippen molar-refractivity contribution in [3.8, 4) is 0 Å². The summed E-state index contributed by atoms with van der Waals surface area (Å²) in [5.41, 5.74) is 6.68. The maximum absolute atomic E-state index is 13.3. The van der Waals surface area contributed by atoms with E-state index in [-0.39, 0.29) is 39.1 Å². The van der Waals surface area contributed by atoms with Crippen LogP contribution in [-0.2, 0) is 35.4 Å². The smallest absolute Gasteiger partial charge is 0.352 e. The van der Waals surface area contributed by atoms with Crippen LogP contribution in [0.15, 0.2) is 40.8 Å². The first-order chi connectivity index (χ1) is 20.8. The Balaban J connectivity index is 1.38. The molecule has 5 rings (SSSR count). The van der Waals surface area contributed by atoms with Crippen LogP contribution in [0.2, 0.25) is 4.34 Å². The quantitative estimate of drug-likeness (QED) is 0.0766. The molecule has 1 unspecified atom stereocenters. The highest BCUT2D eigenvalue weighted by molar-refractivity contribution is 8.00. The molecule has 16 nitrogen and oxygen atoms in total. The number of hydrogen-bond donors (Lipinski definition) is 6. The third kappa shape index (κ3) is 5.90. The third-order valence-corrected chi connectivity index (χ3v) is 8.99. The molecule has 0 aromatic carbocycles. The number of β-lactam (4-membered cyclic amide) rings is 1. The van der Waals surface area contributed by atoms with Crippen LogP contribution in [0.3, 0.4) is 0 Å². The highest BCUT2D eigenvalue weighted by Crippen LogP contribution is 2.40. The highest BCUT2D eigenvalue weighted by atomic mass is 35.5. The Morgan fingerprint density at radius 1 is 1.36 bits per heavy atom. The predicted octanol–water partition coefficient (Wildman–Crippen LogP) is 0.739. The van der Waals surface area contributed by atoms with Crippen molar-refractivity contribution in [3.63, 3.8) is 0 Å². The Bertz CT molecular complexity index is 1790. The van der Waals surface area contributed by atoms with E-state index in [1.807, 2.05) is 0 Å². The van der Waals surface area contributed by atoms with Crippen LogP contribution in [0.25, 0.3) is 11.0 Å². The Kier molecular flexibility index (Phi) is 8.49. The van der Waals surface area contributed by atoms with Gasteiger partial charge in [0.2, 0.25) is 17.5 Å². The van der Waals surface area contributed by atoms with Gasteiger partial charge in [-0.25, -0.2) is 14.6 Å². The van der Waals surface area contributed by atoms with Crippen LogP contribution in [0, 0.1) is 0 Å². The topological polar surface area (TPSA) is 233 Å². The first-order valence-electron chi connectivity index (χ1n) is 12.7. The molecule has 44 heavy (non-hydrogen) atoms. The number of carboxylic acid groups (broad SMARTS) is 2. The Morgan fingerprint density at radius 3 is 2.75 bits per heavy atom. The highest BCUT2D eigenvalue weighted by Gasteiger charge is 2.55. The molecular weight excluding hydrogens is 640 g/mol. The van der Waals surface area contributed by atoms with Crippen LogP contribution < -0.4 is 20.9 Å². The number of thioether (sulfide) groups is 1. The molecule has 5 heterocycles. The molecule has 1 fully saturated rings. The Labute approximate surface area is 260 Å². The number of aromatic amines is 1. The van der Waals surface area contributed by atoms with E-state index in [9.17, 15) is 29.1 Å². The fraction of sp³-hybridized carbons (Fsp3) is 0.280. The predicted molar refractivity (Wildman–Crippen MR) is 159 cm³/mol. The van der Waals surface area contributed by atoms with Crippen molar-refractivity contribution in [2.45, 2.75) is 37.9 Å². The summed E-state index contributed by atoms with van der Waals surface area (Å²) in [6, 6.07) is 4.15. The Morgan fingerprint density at radius 2 is 2.11 bits per heavy atom. The van der Waals surface area contributed by atoms with Gasteiger partial charge in [0.05, 0.1) is 6.07 Å². The Hall–Kier alpha value is -4.68. The normalized spacial score (nSPS) is 18.8. The number of nitrogens with zero attached hydrogens (tertiary/aromatic N) is 4. The van der Waals surface area contributed by atoms with E-state index in [0.29, 0.717) is 22.4 Å². The maximum Gasteiger partial charge on any atom is 0.352 e. The van der Waals surface area contributed by atoms with Crippen molar-refractivity contribution in [3.05, 3.63) is 45.7 Å². The number of carbonyl (C=O) groups is 5. The van der Waals surface area contributed by atoms with Crippen LogP contribution in [0.1, 0.15) is 19.5 Å². The summed E-state index contributed by atoms with van der Waals surface area (Å²) >= 11 is 8.25. The van der Waals surface area contributed by atoms with Crippen molar-refractivity contribution in [1.29, 1.82) is 0 Å². The average Bonchev–Trinajstić information content (AvgIpc) is 3.52. The molecule has 3 atom stereocenters. The number of thiazole rings is 1. The van der Waals surface area contributed by atoms with Crippen LogP contribution >= 0.6 is 34.7 Å². The average molecular weight is 664 g/mol. The molecule has 3 aromatic heterocycles. The van der Waals surface area contributed by atoms with Crippen molar-refractivity contribution in [2.24, 2.45) is 5.16 Å². The molecule has 3 aromatic rings. The number of halogens is 1. The number of carbonyl (C=O) groups excluding carboxylic acids is 3. The number of carboxylic acids is 2. The van der Waals surface area contributed by atoms with Gasteiger partial charge in [0.1, 0.15) is 38.5 Å². The summed E-state index contributed by atoms with van der Waals surface area (Å²) in [6.45, 7) is 2.71. The van der Waals surface area contributed by atoms with Gasteiger partial charge in [0, 0.05) is 24.3 Å². The number of oxime groups is 1. The van der Waals surface area contributed by atoms with Gasteiger partial charge in [-0.15, -0.1) is 11.8 Å². The van der Waals surface area contributed by atoms with Crippen molar-refractivity contribution < 1.29 is 43.6 Å². The summed E-state index contributed by atoms with van der Waals surface area (Å²) in [5.74, 6) is -3.84. The van der Waals surface area contributed by atoms with Crippen molar-refractivity contribution in [1.82, 2.24) is 20.2 Å². The molecule has 7 N–H and O–H groups in total. The summed E-state index contributed by atoms with van der Waals surface area (Å²) in [7, 11) is 0. The lowest BCUT2D eigenvalue weighted by Gasteiger charge is -2.49. The number of hydrogen-bond acceptors (Lipinski definition) is 11. The number of anilines is 2. The van der Waals surface area contributed by atoms with E-state index in [1.54, 1.807) is 29.0 Å². The largest absolute Gasteiger partial charge is 0.478 e. The van der Waals surface area contributed by atoms with Gasteiger partial charge < -0.3 is 36.4 Å². The number of aliphatic carboxylic acids is 2. The minimum absolute atomic E-state index is 0.00817. The first kappa shape index (κ1) is 30.8. The zero-order chi connectivity index (χ0) is 31.9. The number of pyridine rings is 1. The summed E-state index contributed by atoms with van der Waals surface area (Å²) < 4.78 is 1.78. The summed E-state index contributed by atoms with van der Waals surface area (Å²) in [6.07, 6.45) is 0.332. The minimum Gasteiger partial charge on any atom is -0.478 e. The van der Waals surface area contributed by atoms with E-state index < -0.39 is 47.0 Å². The monoisotopic (exact) mass is 663 g/mol. The number of fused-ring (bicyclic) bond motifs is 2. The number of rotatable bonds is 10. The van der Waals surface area contributed by atoms with Gasteiger partial charge in [-0.05, 0) is 13.0 Å². The van der Waals surface area contributed by atoms with E-state index >= 15 is 0 Å². The van der Waals surface area contributed by atoms with Gasteiger partial charge in [-0.2, -0.15) is 4.57 Å². The lowest BCUT2D eigenvalue weighted by atomic mass is 10.0. The molecule has 0 saturated carbocycles. The zero-order valence-electron chi connectivity index (χ0n) is 22.9. The first-order valence-corrected chi connectivity index (χ1v) is 15.0. The lowest BCUT2D eigenvalue weighted by Crippen LogP contribution is -2.71.